The number of carboxylic acids is 1. The van der Waals surface area contributed by atoms with Gasteiger partial charge in [0, 0.05) is 6.20 Å². The molecule has 0 fully saturated rings. The van der Waals surface area contributed by atoms with Gasteiger partial charge in [-0.3, -0.25) is 0 Å². The van der Waals surface area contributed by atoms with Crippen molar-refractivity contribution in [2.45, 2.75) is 17.6 Å². The summed E-state index contributed by atoms with van der Waals surface area (Å²) in [6.07, 6.45) is -4.32. The molecule has 168 valence electrons. The minimum Gasteiger partial charge on any atom is -0.478 e. The Labute approximate surface area is 184 Å². The minimum atomic E-state index is -4.76. The maximum atomic E-state index is 14.2. The van der Waals surface area contributed by atoms with Gasteiger partial charge >= 0.3 is 12.1 Å². The summed E-state index contributed by atoms with van der Waals surface area (Å²) in [5.74, 6) is -3.41. The van der Waals surface area contributed by atoms with Gasteiger partial charge in [-0.2, -0.15) is 13.2 Å². The average molecular weight is 489 g/mol. The molecule has 0 aliphatic carbocycles. The second-order valence-corrected chi connectivity index (χ2v) is 8.74. The Kier molecular flexibility index (Phi) is 6.42. The number of nitrogens with zero attached hydrogens (tertiary/aromatic N) is 2. The Morgan fingerprint density at radius 3 is 2.28 bits per heavy atom. The molecule has 3 aromatic rings. The first-order valence-electron chi connectivity index (χ1n) is 8.73. The SMILES string of the molecule is O=C(O)c1ccc(S(=O)(=O)N(Cc2ccccc2)c2ncc(C(F)(F)F)cc2Cl)cc1F. The standard InChI is InChI=1S/C20H13ClF4N2O4S/c21-16-8-13(20(23,24)25)10-26-18(16)27(11-12-4-2-1-3-5-12)32(30,31)14-6-7-15(19(28)29)17(22)9-14/h1-10H,11H2,(H,28,29). The second kappa shape index (κ2) is 8.75. The van der Waals surface area contributed by atoms with Gasteiger partial charge < -0.3 is 5.11 Å². The van der Waals surface area contributed by atoms with Gasteiger partial charge in [-0.1, -0.05) is 41.9 Å². The van der Waals surface area contributed by atoms with Crippen molar-refractivity contribution in [1.29, 1.82) is 0 Å². The van der Waals surface area contributed by atoms with Crippen molar-refractivity contribution in [2.24, 2.45) is 0 Å². The molecule has 6 nitrogen and oxygen atoms in total. The number of aromatic carboxylic acids is 1. The summed E-state index contributed by atoms with van der Waals surface area (Å²) < 4.78 is 80.3. The van der Waals surface area contributed by atoms with Crippen LogP contribution in [0.1, 0.15) is 21.5 Å². The largest absolute Gasteiger partial charge is 0.478 e. The molecule has 0 saturated heterocycles. The predicted molar refractivity (Wildman–Crippen MR) is 107 cm³/mol. The van der Waals surface area contributed by atoms with Crippen LogP contribution in [0.5, 0.6) is 0 Å². The second-order valence-electron chi connectivity index (χ2n) is 6.47. The molecular formula is C20H13ClF4N2O4S. The molecule has 3 rings (SSSR count). The highest BCUT2D eigenvalue weighted by molar-refractivity contribution is 7.92. The molecule has 32 heavy (non-hydrogen) atoms. The van der Waals surface area contributed by atoms with Crippen molar-refractivity contribution in [1.82, 2.24) is 4.98 Å². The molecule has 1 heterocycles. The van der Waals surface area contributed by atoms with Gasteiger partial charge in [0.25, 0.3) is 10.0 Å². The zero-order valence-electron chi connectivity index (χ0n) is 15.8. The highest BCUT2D eigenvalue weighted by atomic mass is 35.5. The van der Waals surface area contributed by atoms with Crippen molar-refractivity contribution in [3.05, 3.63) is 88.3 Å². The van der Waals surface area contributed by atoms with E-state index in [0.29, 0.717) is 28.2 Å². The molecule has 0 spiro atoms. The van der Waals surface area contributed by atoms with E-state index in [0.717, 1.165) is 12.1 Å². The van der Waals surface area contributed by atoms with Gasteiger partial charge in [0.1, 0.15) is 5.82 Å². The molecule has 0 radical (unpaired) electrons. The number of carbonyl (C=O) groups is 1. The molecule has 0 atom stereocenters. The van der Waals surface area contributed by atoms with E-state index in [4.69, 9.17) is 16.7 Å². The van der Waals surface area contributed by atoms with Gasteiger partial charge in [0.05, 0.1) is 27.6 Å². The monoisotopic (exact) mass is 488 g/mol. The molecule has 0 bridgehead atoms. The summed E-state index contributed by atoms with van der Waals surface area (Å²) in [6.45, 7) is -0.385. The molecule has 0 aliphatic rings. The first-order valence-corrected chi connectivity index (χ1v) is 10.6. The van der Waals surface area contributed by atoms with Crippen LogP contribution in [0.15, 0.2) is 65.7 Å². The Morgan fingerprint density at radius 1 is 1.09 bits per heavy atom. The number of sulfonamides is 1. The zero-order chi connectivity index (χ0) is 23.7. The fraction of sp³-hybridized carbons (Fsp3) is 0.100. The van der Waals surface area contributed by atoms with Gasteiger partial charge in [0.15, 0.2) is 5.82 Å². The van der Waals surface area contributed by atoms with Crippen LogP contribution in [0.25, 0.3) is 0 Å². The first-order chi connectivity index (χ1) is 14.9. The number of aromatic nitrogens is 1. The normalized spacial score (nSPS) is 11.9. The first kappa shape index (κ1) is 23.5. The van der Waals surface area contributed by atoms with Crippen LogP contribution in [0.2, 0.25) is 5.02 Å². The van der Waals surface area contributed by atoms with E-state index in [-0.39, 0.29) is 6.54 Å². The van der Waals surface area contributed by atoms with Crippen molar-refractivity contribution in [3.63, 3.8) is 0 Å². The number of pyridine rings is 1. The summed E-state index contributed by atoms with van der Waals surface area (Å²) in [5.41, 5.74) is -1.49. The van der Waals surface area contributed by atoms with E-state index in [1.165, 1.54) is 0 Å². The fourth-order valence-corrected chi connectivity index (χ4v) is 4.51. The topological polar surface area (TPSA) is 87.6 Å². The number of rotatable bonds is 6. The molecular weight excluding hydrogens is 476 g/mol. The lowest BCUT2D eigenvalue weighted by Crippen LogP contribution is -2.32. The lowest BCUT2D eigenvalue weighted by molar-refractivity contribution is -0.137. The van der Waals surface area contributed by atoms with E-state index in [1.807, 2.05) is 0 Å². The van der Waals surface area contributed by atoms with Crippen LogP contribution in [0.3, 0.4) is 0 Å². The number of halogens is 5. The Balaban J connectivity index is 2.15. The number of alkyl halides is 3. The molecule has 0 aliphatic heterocycles. The maximum Gasteiger partial charge on any atom is 0.417 e. The summed E-state index contributed by atoms with van der Waals surface area (Å²) in [4.78, 5) is 14.0. The number of carboxylic acid groups (broad SMARTS) is 1. The highest BCUT2D eigenvalue weighted by Gasteiger charge is 2.34. The van der Waals surface area contributed by atoms with Crippen molar-refractivity contribution in [2.75, 3.05) is 4.31 Å². The summed E-state index contributed by atoms with van der Waals surface area (Å²) in [6, 6.07) is 10.7. The van der Waals surface area contributed by atoms with Crippen LogP contribution >= 0.6 is 11.6 Å². The minimum absolute atomic E-state index is 0.385. The quantitative estimate of drug-likeness (QED) is 0.494. The average Bonchev–Trinajstić information content (AvgIpc) is 2.72. The molecule has 0 saturated carbocycles. The number of anilines is 1. The van der Waals surface area contributed by atoms with Crippen molar-refractivity contribution in [3.8, 4) is 0 Å². The van der Waals surface area contributed by atoms with Crippen LogP contribution in [0, 0.1) is 5.82 Å². The Morgan fingerprint density at radius 2 is 1.75 bits per heavy atom. The number of benzene rings is 2. The molecule has 0 amide bonds. The fourth-order valence-electron chi connectivity index (χ4n) is 2.75. The van der Waals surface area contributed by atoms with E-state index in [2.05, 4.69) is 4.98 Å². The van der Waals surface area contributed by atoms with E-state index in [1.54, 1.807) is 30.3 Å². The third-order valence-corrected chi connectivity index (χ3v) is 6.32. The predicted octanol–water partition coefficient (Wildman–Crippen LogP) is 4.99. The molecule has 0 unspecified atom stereocenters. The van der Waals surface area contributed by atoms with Gasteiger partial charge in [0.2, 0.25) is 0 Å². The van der Waals surface area contributed by atoms with Gasteiger partial charge in [-0.25, -0.2) is 26.9 Å². The van der Waals surface area contributed by atoms with E-state index < -0.39 is 54.8 Å². The number of hydrogen-bond donors (Lipinski definition) is 1. The molecule has 1 aromatic heterocycles. The van der Waals surface area contributed by atoms with Crippen molar-refractivity contribution >= 4 is 33.4 Å². The smallest absolute Gasteiger partial charge is 0.417 e. The lowest BCUT2D eigenvalue weighted by Gasteiger charge is -2.25. The zero-order valence-corrected chi connectivity index (χ0v) is 17.4. The molecule has 1 N–H and O–H groups in total. The summed E-state index contributed by atoms with van der Waals surface area (Å²) in [7, 11) is -4.62. The highest BCUT2D eigenvalue weighted by Crippen LogP contribution is 2.36. The summed E-state index contributed by atoms with van der Waals surface area (Å²) >= 11 is 5.97. The van der Waals surface area contributed by atoms with Crippen LogP contribution < -0.4 is 4.31 Å². The van der Waals surface area contributed by atoms with Gasteiger partial charge in [-0.05, 0) is 29.8 Å². The third-order valence-electron chi connectivity index (χ3n) is 4.31. The maximum absolute atomic E-state index is 14.2. The van der Waals surface area contributed by atoms with E-state index in [9.17, 15) is 30.8 Å². The van der Waals surface area contributed by atoms with Gasteiger partial charge in [-0.15, -0.1) is 0 Å². The molecule has 2 aromatic carbocycles. The van der Waals surface area contributed by atoms with E-state index >= 15 is 0 Å². The summed E-state index contributed by atoms with van der Waals surface area (Å²) in [5, 5.41) is 8.35. The number of hydrogen-bond acceptors (Lipinski definition) is 4. The van der Waals surface area contributed by atoms with Crippen LogP contribution in [-0.4, -0.2) is 24.5 Å². The van der Waals surface area contributed by atoms with Crippen molar-refractivity contribution < 1.29 is 35.9 Å². The lowest BCUT2D eigenvalue weighted by atomic mass is 10.2. The van der Waals surface area contributed by atoms with Crippen LogP contribution in [0.4, 0.5) is 23.4 Å². The molecule has 12 heteroatoms. The van der Waals surface area contributed by atoms with Crippen LogP contribution in [-0.2, 0) is 22.7 Å². The Bertz CT molecular complexity index is 1270. The third kappa shape index (κ3) is 4.83. The Hall–Kier alpha value is -3.18.